The predicted octanol–water partition coefficient (Wildman–Crippen LogP) is 1.75. The number of hydrogen-bond donors (Lipinski definition) is 4. The van der Waals surface area contributed by atoms with Crippen LogP contribution >= 0.6 is 11.3 Å². The number of nitrogens with one attached hydrogen (secondary N) is 3. The lowest BCUT2D eigenvalue weighted by Gasteiger charge is -2.18. The SMILES string of the molecule is CC(=NO)c1sc2nc(C(=O)NCc3ccc4c(c3)NC(=O)CO4)[nH]c(=O)c2c1C. The molecular weight excluding hydrogens is 410 g/mol. The molecule has 2 aromatic heterocycles. The fourth-order valence-electron chi connectivity index (χ4n) is 3.15. The summed E-state index contributed by atoms with van der Waals surface area (Å²) in [5.74, 6) is -0.349. The number of hydrogen-bond acceptors (Lipinski definition) is 8. The summed E-state index contributed by atoms with van der Waals surface area (Å²) >= 11 is 1.18. The highest BCUT2D eigenvalue weighted by atomic mass is 32.1. The molecule has 0 spiro atoms. The maximum Gasteiger partial charge on any atom is 0.287 e. The summed E-state index contributed by atoms with van der Waals surface area (Å²) in [6.45, 7) is 3.48. The van der Waals surface area contributed by atoms with Crippen molar-refractivity contribution in [2.75, 3.05) is 11.9 Å². The number of carbonyl (C=O) groups excluding carboxylic acids is 2. The van der Waals surface area contributed by atoms with Crippen LogP contribution in [0.4, 0.5) is 5.69 Å². The Bertz CT molecular complexity index is 1280. The molecule has 0 radical (unpaired) electrons. The van der Waals surface area contributed by atoms with Crippen LogP contribution in [0.15, 0.2) is 28.1 Å². The summed E-state index contributed by atoms with van der Waals surface area (Å²) < 4.78 is 5.30. The van der Waals surface area contributed by atoms with Crippen molar-refractivity contribution in [3.05, 3.63) is 50.4 Å². The fourth-order valence-corrected chi connectivity index (χ4v) is 4.27. The first kappa shape index (κ1) is 19.6. The van der Waals surface area contributed by atoms with E-state index >= 15 is 0 Å². The minimum atomic E-state index is -0.549. The van der Waals surface area contributed by atoms with Crippen molar-refractivity contribution in [2.24, 2.45) is 5.16 Å². The van der Waals surface area contributed by atoms with Gasteiger partial charge in [0.15, 0.2) is 6.61 Å². The van der Waals surface area contributed by atoms with E-state index in [2.05, 4.69) is 25.8 Å². The zero-order chi connectivity index (χ0) is 21.4. The molecule has 0 unspecified atom stereocenters. The number of aryl methyl sites for hydroxylation is 1. The van der Waals surface area contributed by atoms with Gasteiger partial charge in [0.1, 0.15) is 10.6 Å². The monoisotopic (exact) mass is 427 g/mol. The van der Waals surface area contributed by atoms with Crippen LogP contribution < -0.4 is 20.9 Å². The molecule has 0 atom stereocenters. The van der Waals surface area contributed by atoms with Crippen molar-refractivity contribution in [3.8, 4) is 5.75 Å². The Hall–Kier alpha value is -3.73. The van der Waals surface area contributed by atoms with E-state index in [1.807, 2.05) is 0 Å². The van der Waals surface area contributed by atoms with Crippen molar-refractivity contribution in [2.45, 2.75) is 20.4 Å². The molecule has 0 saturated heterocycles. The van der Waals surface area contributed by atoms with Gasteiger partial charge in [0, 0.05) is 6.54 Å². The van der Waals surface area contributed by atoms with E-state index in [4.69, 9.17) is 9.94 Å². The second-order valence-corrected chi connectivity index (χ2v) is 7.69. The summed E-state index contributed by atoms with van der Waals surface area (Å²) in [6, 6.07) is 5.18. The van der Waals surface area contributed by atoms with Crippen LogP contribution in [0.25, 0.3) is 10.2 Å². The fraction of sp³-hybridized carbons (Fsp3) is 0.211. The zero-order valence-corrected chi connectivity index (χ0v) is 16.8. The molecular formula is C19H17N5O5S. The number of fused-ring (bicyclic) bond motifs is 2. The smallest absolute Gasteiger partial charge is 0.287 e. The third kappa shape index (κ3) is 3.50. The standard InChI is InChI=1S/C19H17N5O5S/c1-8-14-17(26)22-16(23-19(14)30-15(8)9(2)24-28)18(27)20-6-10-3-4-12-11(5-10)21-13(25)7-29-12/h3-5,28H,6-7H2,1-2H3,(H,20,27)(H,21,25)(H,22,23,26). The van der Waals surface area contributed by atoms with Crippen molar-refractivity contribution < 1.29 is 19.5 Å². The number of aromatic nitrogens is 2. The van der Waals surface area contributed by atoms with E-state index < -0.39 is 11.5 Å². The second kappa shape index (κ2) is 7.59. The first-order chi connectivity index (χ1) is 14.4. The van der Waals surface area contributed by atoms with Gasteiger partial charge >= 0.3 is 0 Å². The molecule has 11 heteroatoms. The molecule has 30 heavy (non-hydrogen) atoms. The Morgan fingerprint density at radius 1 is 1.40 bits per heavy atom. The van der Waals surface area contributed by atoms with Crippen LogP contribution in [0.1, 0.15) is 33.5 Å². The Balaban J connectivity index is 1.56. The molecule has 10 nitrogen and oxygen atoms in total. The zero-order valence-electron chi connectivity index (χ0n) is 16.0. The predicted molar refractivity (Wildman–Crippen MR) is 111 cm³/mol. The molecule has 1 aliphatic heterocycles. The molecule has 3 aromatic rings. The highest BCUT2D eigenvalue weighted by molar-refractivity contribution is 7.20. The Labute approximate surface area is 173 Å². The van der Waals surface area contributed by atoms with E-state index in [0.717, 1.165) is 5.56 Å². The maximum absolute atomic E-state index is 12.5. The largest absolute Gasteiger partial charge is 0.482 e. The molecule has 0 fully saturated rings. The molecule has 0 saturated carbocycles. The Morgan fingerprint density at radius 3 is 2.97 bits per heavy atom. The number of benzene rings is 1. The molecule has 2 amide bonds. The number of carbonyl (C=O) groups is 2. The summed E-state index contributed by atoms with van der Waals surface area (Å²) in [4.78, 5) is 44.2. The number of H-pyrrole nitrogens is 1. The molecule has 1 aromatic carbocycles. The average molecular weight is 427 g/mol. The number of nitrogens with zero attached hydrogens (tertiary/aromatic N) is 2. The third-order valence-electron chi connectivity index (χ3n) is 4.62. The topological polar surface area (TPSA) is 146 Å². The second-order valence-electron chi connectivity index (χ2n) is 6.69. The number of rotatable bonds is 4. The Kier molecular flexibility index (Phi) is 4.96. The van der Waals surface area contributed by atoms with Gasteiger partial charge in [-0.3, -0.25) is 14.4 Å². The lowest BCUT2D eigenvalue weighted by molar-refractivity contribution is -0.118. The quantitative estimate of drug-likeness (QED) is 0.283. The number of anilines is 1. The van der Waals surface area contributed by atoms with Gasteiger partial charge in [0.25, 0.3) is 17.4 Å². The molecule has 0 bridgehead atoms. The molecule has 4 rings (SSSR count). The van der Waals surface area contributed by atoms with Gasteiger partial charge in [-0.2, -0.15) is 0 Å². The van der Waals surface area contributed by atoms with Crippen LogP contribution in [0.5, 0.6) is 5.75 Å². The minimum absolute atomic E-state index is 0.0296. The lowest BCUT2D eigenvalue weighted by atomic mass is 10.1. The molecule has 154 valence electrons. The van der Waals surface area contributed by atoms with Gasteiger partial charge in [-0.05, 0) is 37.1 Å². The number of oxime groups is 1. The molecule has 3 heterocycles. The van der Waals surface area contributed by atoms with Crippen molar-refractivity contribution in [1.82, 2.24) is 15.3 Å². The number of amides is 2. The maximum atomic E-state index is 12.5. The van der Waals surface area contributed by atoms with Gasteiger partial charge in [-0.1, -0.05) is 11.2 Å². The first-order valence-corrected chi connectivity index (χ1v) is 9.75. The number of thiophene rings is 1. The highest BCUT2D eigenvalue weighted by Crippen LogP contribution is 2.29. The van der Waals surface area contributed by atoms with Crippen LogP contribution in [0.3, 0.4) is 0 Å². The van der Waals surface area contributed by atoms with E-state index in [1.165, 1.54) is 11.3 Å². The molecule has 1 aliphatic rings. The molecule has 0 aliphatic carbocycles. The number of aromatic amines is 1. The van der Waals surface area contributed by atoms with Crippen molar-refractivity contribution in [1.29, 1.82) is 0 Å². The van der Waals surface area contributed by atoms with E-state index in [1.54, 1.807) is 32.0 Å². The van der Waals surface area contributed by atoms with E-state index in [0.29, 0.717) is 37.8 Å². The summed E-state index contributed by atoms with van der Waals surface area (Å²) in [6.07, 6.45) is 0. The van der Waals surface area contributed by atoms with Crippen LogP contribution in [0.2, 0.25) is 0 Å². The normalized spacial score (nSPS) is 13.5. The van der Waals surface area contributed by atoms with Crippen LogP contribution in [-0.4, -0.2) is 39.3 Å². The summed E-state index contributed by atoms with van der Waals surface area (Å²) in [7, 11) is 0. The third-order valence-corrected chi connectivity index (χ3v) is 5.92. The van der Waals surface area contributed by atoms with Gasteiger partial charge in [-0.15, -0.1) is 11.3 Å². The summed E-state index contributed by atoms with van der Waals surface area (Å²) in [5, 5.41) is 17.9. The van der Waals surface area contributed by atoms with Gasteiger partial charge in [0.05, 0.1) is 21.7 Å². The first-order valence-electron chi connectivity index (χ1n) is 8.93. The van der Waals surface area contributed by atoms with Crippen LogP contribution in [-0.2, 0) is 11.3 Å². The van der Waals surface area contributed by atoms with E-state index in [-0.39, 0.29) is 24.9 Å². The van der Waals surface area contributed by atoms with Gasteiger partial charge < -0.3 is 25.6 Å². The van der Waals surface area contributed by atoms with Gasteiger partial charge in [0.2, 0.25) is 5.82 Å². The van der Waals surface area contributed by atoms with Crippen molar-refractivity contribution >= 4 is 44.8 Å². The lowest BCUT2D eigenvalue weighted by Crippen LogP contribution is -2.28. The molecule has 4 N–H and O–H groups in total. The summed E-state index contributed by atoms with van der Waals surface area (Å²) in [5.41, 5.74) is 1.84. The highest BCUT2D eigenvalue weighted by Gasteiger charge is 2.19. The number of ether oxygens (including phenoxy) is 1. The van der Waals surface area contributed by atoms with E-state index in [9.17, 15) is 14.4 Å². The van der Waals surface area contributed by atoms with Gasteiger partial charge in [-0.25, -0.2) is 4.98 Å². The average Bonchev–Trinajstić information content (AvgIpc) is 3.07. The van der Waals surface area contributed by atoms with Crippen LogP contribution in [0, 0.1) is 6.92 Å². The minimum Gasteiger partial charge on any atom is -0.482 e. The van der Waals surface area contributed by atoms with Crippen molar-refractivity contribution in [3.63, 3.8) is 0 Å². The Morgan fingerprint density at radius 2 is 2.20 bits per heavy atom.